The van der Waals surface area contributed by atoms with Crippen LogP contribution in [0.2, 0.25) is 0 Å². The van der Waals surface area contributed by atoms with Crippen LogP contribution in [0.15, 0.2) is 66.7 Å². The number of hydrogen-bond donors (Lipinski definition) is 3. The lowest BCUT2D eigenvalue weighted by molar-refractivity contribution is -0.140. The van der Waals surface area contributed by atoms with Crippen LogP contribution in [-0.2, 0) is 20.7 Å². The van der Waals surface area contributed by atoms with Gasteiger partial charge in [0.25, 0.3) is 5.91 Å². The third-order valence-corrected chi connectivity index (χ3v) is 6.67. The number of ether oxygens (including phenoxy) is 1. The van der Waals surface area contributed by atoms with E-state index in [1.165, 1.54) is 17.0 Å². The maximum absolute atomic E-state index is 14.3. The minimum Gasteiger partial charge on any atom is -0.508 e. The van der Waals surface area contributed by atoms with E-state index in [0.717, 1.165) is 11.1 Å². The van der Waals surface area contributed by atoms with Crippen LogP contribution in [-0.4, -0.2) is 46.1 Å². The summed E-state index contributed by atoms with van der Waals surface area (Å²) in [6.45, 7) is 10.9. The number of terminal acetylenes is 1. The molecule has 0 heterocycles. The van der Waals surface area contributed by atoms with E-state index < -0.39 is 35.6 Å². The second-order valence-corrected chi connectivity index (χ2v) is 11.1. The fraction of sp³-hybridized carbons (Fsp3) is 0.324. The summed E-state index contributed by atoms with van der Waals surface area (Å²) in [5.74, 6) is 1.77. The van der Waals surface area contributed by atoms with Crippen molar-refractivity contribution in [3.05, 3.63) is 94.5 Å². The predicted molar refractivity (Wildman–Crippen MR) is 164 cm³/mol. The van der Waals surface area contributed by atoms with Gasteiger partial charge in [-0.2, -0.15) is 0 Å². The van der Waals surface area contributed by atoms with Gasteiger partial charge in [-0.3, -0.25) is 9.59 Å². The highest BCUT2D eigenvalue weighted by Gasteiger charge is 2.36. The number of alkyl carbamates (subject to hydrolysis) is 1. The average molecular weight is 570 g/mol. The van der Waals surface area contributed by atoms with Crippen molar-refractivity contribution in [3.63, 3.8) is 0 Å². The van der Waals surface area contributed by atoms with Crippen molar-refractivity contribution in [2.75, 3.05) is 11.9 Å². The fourth-order valence-corrected chi connectivity index (χ4v) is 4.62. The van der Waals surface area contributed by atoms with Crippen LogP contribution in [0, 0.1) is 26.2 Å². The van der Waals surface area contributed by atoms with Crippen molar-refractivity contribution in [2.45, 2.75) is 65.6 Å². The molecule has 3 aromatic rings. The Morgan fingerprint density at radius 3 is 2.10 bits per heavy atom. The van der Waals surface area contributed by atoms with E-state index in [1.54, 1.807) is 64.1 Å². The number of rotatable bonds is 9. The minimum atomic E-state index is -1.06. The minimum absolute atomic E-state index is 0.0792. The molecule has 0 fully saturated rings. The second kappa shape index (κ2) is 13.7. The Morgan fingerprint density at radius 2 is 1.57 bits per heavy atom. The summed E-state index contributed by atoms with van der Waals surface area (Å²) in [5.41, 5.74) is 3.56. The fourth-order valence-electron chi connectivity index (χ4n) is 4.62. The molecular weight excluding hydrogens is 530 g/mol. The first kappa shape index (κ1) is 31.8. The van der Waals surface area contributed by atoms with Crippen molar-refractivity contribution in [1.29, 1.82) is 0 Å². The van der Waals surface area contributed by atoms with Gasteiger partial charge in [0.05, 0.1) is 0 Å². The maximum Gasteiger partial charge on any atom is 0.408 e. The lowest BCUT2D eigenvalue weighted by Gasteiger charge is -2.34. The Labute approximate surface area is 248 Å². The molecule has 0 aromatic heterocycles. The maximum atomic E-state index is 14.3. The summed E-state index contributed by atoms with van der Waals surface area (Å²) in [6.07, 6.45) is 4.90. The zero-order valence-electron chi connectivity index (χ0n) is 25.0. The predicted octanol–water partition coefficient (Wildman–Crippen LogP) is 5.65. The monoisotopic (exact) mass is 569 g/mol. The molecule has 3 rings (SSSR count). The average Bonchev–Trinajstić information content (AvgIpc) is 2.93. The Morgan fingerprint density at radius 1 is 0.976 bits per heavy atom. The molecule has 0 aliphatic rings. The summed E-state index contributed by atoms with van der Waals surface area (Å²) in [4.78, 5) is 42.6. The highest BCUT2D eigenvalue weighted by atomic mass is 16.6. The second-order valence-electron chi connectivity index (χ2n) is 11.1. The van der Waals surface area contributed by atoms with Crippen LogP contribution >= 0.6 is 0 Å². The van der Waals surface area contributed by atoms with E-state index in [4.69, 9.17) is 11.2 Å². The number of hydrogen-bond acceptors (Lipinski definition) is 5. The quantitative estimate of drug-likeness (QED) is 0.289. The van der Waals surface area contributed by atoms with Crippen molar-refractivity contribution in [2.24, 2.45) is 0 Å². The Kier molecular flexibility index (Phi) is 10.4. The molecule has 3 aromatic carbocycles. The van der Waals surface area contributed by atoms with Crippen LogP contribution in [0.1, 0.15) is 61.6 Å². The van der Waals surface area contributed by atoms with Crippen LogP contribution in [0.25, 0.3) is 0 Å². The van der Waals surface area contributed by atoms with E-state index in [-0.39, 0.29) is 18.7 Å². The smallest absolute Gasteiger partial charge is 0.408 e. The Bertz CT molecular complexity index is 1430. The van der Waals surface area contributed by atoms with Gasteiger partial charge < -0.3 is 25.4 Å². The number of likely N-dealkylation sites (N-methyl/N-ethyl adjacent to an activating group) is 1. The molecule has 0 saturated carbocycles. The summed E-state index contributed by atoms with van der Waals surface area (Å²) in [6, 6.07) is 16.9. The van der Waals surface area contributed by atoms with Gasteiger partial charge in [0.1, 0.15) is 23.4 Å². The van der Waals surface area contributed by atoms with Gasteiger partial charge in [-0.1, -0.05) is 48.4 Å². The molecule has 8 heteroatoms. The molecule has 8 nitrogen and oxygen atoms in total. The van der Waals surface area contributed by atoms with Crippen LogP contribution in [0.4, 0.5) is 10.5 Å². The van der Waals surface area contributed by atoms with Gasteiger partial charge in [-0.05, 0) is 88.1 Å². The summed E-state index contributed by atoms with van der Waals surface area (Å²) >= 11 is 0. The molecule has 3 amide bonds. The number of phenolic OH excluding ortho intramolecular Hbond substituents is 1. The molecule has 0 spiro atoms. The van der Waals surface area contributed by atoms with Gasteiger partial charge in [0.2, 0.25) is 5.91 Å². The standard InChI is InChI=1S/C34H39N3O5/c1-8-24-13-17-26(18-14-24)30(31(39)36-29-22(3)11-10-12-23(29)4)37(9-2)32(40)28(35-33(41)42-34(5,6)7)21-25-15-19-27(38)20-16-25/h1,10-20,28,30,38H,9,21H2,2-7H3,(H,35,41)(H,36,39). The first-order valence-corrected chi connectivity index (χ1v) is 13.8. The molecule has 2 unspecified atom stereocenters. The first-order chi connectivity index (χ1) is 19.8. The zero-order valence-corrected chi connectivity index (χ0v) is 25.0. The van der Waals surface area contributed by atoms with Crippen molar-refractivity contribution in [3.8, 4) is 18.1 Å². The highest BCUT2D eigenvalue weighted by Crippen LogP contribution is 2.27. The van der Waals surface area contributed by atoms with Gasteiger partial charge in [-0.25, -0.2) is 4.79 Å². The van der Waals surface area contributed by atoms with Crippen molar-refractivity contribution < 1.29 is 24.2 Å². The number of aromatic hydroxyl groups is 1. The van der Waals surface area contributed by atoms with Gasteiger partial charge in [0, 0.05) is 24.2 Å². The Hall–Kier alpha value is -4.77. The molecule has 3 N–H and O–H groups in total. The lowest BCUT2D eigenvalue weighted by Crippen LogP contribution is -2.53. The summed E-state index contributed by atoms with van der Waals surface area (Å²) in [7, 11) is 0. The number of carbonyl (C=O) groups is 3. The largest absolute Gasteiger partial charge is 0.508 e. The van der Waals surface area contributed by atoms with E-state index in [2.05, 4.69) is 16.6 Å². The van der Waals surface area contributed by atoms with Crippen LogP contribution in [0.3, 0.4) is 0 Å². The third-order valence-electron chi connectivity index (χ3n) is 6.67. The Balaban J connectivity index is 2.04. The number of anilines is 1. The molecule has 0 saturated heterocycles. The molecule has 0 aliphatic carbocycles. The van der Waals surface area contributed by atoms with E-state index in [0.29, 0.717) is 22.4 Å². The molecule has 0 bridgehead atoms. The van der Waals surface area contributed by atoms with E-state index in [9.17, 15) is 19.5 Å². The molecule has 42 heavy (non-hydrogen) atoms. The van der Waals surface area contributed by atoms with E-state index in [1.807, 2.05) is 32.0 Å². The number of aryl methyl sites for hydroxylation is 2. The number of nitrogens with zero attached hydrogens (tertiary/aromatic N) is 1. The molecule has 2 atom stereocenters. The van der Waals surface area contributed by atoms with Gasteiger partial charge in [-0.15, -0.1) is 6.42 Å². The molecule has 0 aliphatic heterocycles. The number of carbonyl (C=O) groups excluding carboxylic acids is 3. The molecular formula is C34H39N3O5. The van der Waals surface area contributed by atoms with Gasteiger partial charge >= 0.3 is 6.09 Å². The van der Waals surface area contributed by atoms with Crippen molar-refractivity contribution in [1.82, 2.24) is 10.2 Å². The number of para-hydroxylation sites is 1. The number of benzene rings is 3. The number of nitrogens with one attached hydrogen (secondary N) is 2. The highest BCUT2D eigenvalue weighted by molar-refractivity contribution is 6.00. The third kappa shape index (κ3) is 8.37. The van der Waals surface area contributed by atoms with Crippen molar-refractivity contribution >= 4 is 23.6 Å². The number of amides is 3. The molecule has 0 radical (unpaired) electrons. The summed E-state index contributed by atoms with van der Waals surface area (Å²) in [5, 5.41) is 15.5. The zero-order chi connectivity index (χ0) is 31.0. The SMILES string of the molecule is C#Cc1ccc(C(C(=O)Nc2c(C)cccc2C)N(CC)C(=O)C(Cc2ccc(O)cc2)NC(=O)OC(C)(C)C)cc1. The van der Waals surface area contributed by atoms with E-state index >= 15 is 0 Å². The number of phenols is 1. The first-order valence-electron chi connectivity index (χ1n) is 13.8. The van der Waals surface area contributed by atoms with Crippen LogP contribution in [0.5, 0.6) is 5.75 Å². The van der Waals surface area contributed by atoms with Gasteiger partial charge in [0.15, 0.2) is 0 Å². The lowest BCUT2D eigenvalue weighted by atomic mass is 9.99. The normalized spacial score (nSPS) is 12.4. The van der Waals surface area contributed by atoms with Crippen LogP contribution < -0.4 is 10.6 Å². The molecule has 220 valence electrons. The summed E-state index contributed by atoms with van der Waals surface area (Å²) < 4.78 is 5.45. The topological polar surface area (TPSA) is 108 Å².